The van der Waals surface area contributed by atoms with Gasteiger partial charge in [-0.25, -0.2) is 9.37 Å². The van der Waals surface area contributed by atoms with Crippen LogP contribution in [0.3, 0.4) is 0 Å². The number of alkyl halides is 3. The Balaban J connectivity index is 1.48. The van der Waals surface area contributed by atoms with Gasteiger partial charge in [0.25, 0.3) is 0 Å². The number of carbonyl (C=O) groups is 1. The second-order valence-corrected chi connectivity index (χ2v) is 7.38. The Kier molecular flexibility index (Phi) is 6.99. The molecule has 1 saturated heterocycles. The van der Waals surface area contributed by atoms with E-state index in [-0.39, 0.29) is 24.7 Å². The van der Waals surface area contributed by atoms with Crippen LogP contribution in [-0.4, -0.2) is 67.6 Å². The third kappa shape index (κ3) is 5.84. The molecule has 31 heavy (non-hydrogen) atoms. The van der Waals surface area contributed by atoms with Gasteiger partial charge >= 0.3 is 6.18 Å². The summed E-state index contributed by atoms with van der Waals surface area (Å²) in [6, 6.07) is 6.97. The number of likely N-dealkylation sites (N-methyl/N-ethyl adjacent to an activating group) is 1. The number of piperazine rings is 1. The second kappa shape index (κ2) is 9.51. The van der Waals surface area contributed by atoms with Crippen LogP contribution in [0, 0.1) is 5.82 Å². The van der Waals surface area contributed by atoms with E-state index in [2.05, 4.69) is 4.98 Å². The van der Waals surface area contributed by atoms with Crippen LogP contribution in [0.15, 0.2) is 36.5 Å². The van der Waals surface area contributed by atoms with Crippen LogP contribution in [0.25, 0.3) is 0 Å². The molecule has 10 heteroatoms. The molecule has 0 bridgehead atoms. The summed E-state index contributed by atoms with van der Waals surface area (Å²) in [5, 5.41) is 0. The topological polar surface area (TPSA) is 48.9 Å². The first-order valence-corrected chi connectivity index (χ1v) is 9.74. The molecule has 0 saturated carbocycles. The zero-order chi connectivity index (χ0) is 22.6. The number of anilines is 1. The van der Waals surface area contributed by atoms with Crippen molar-refractivity contribution in [2.75, 3.05) is 51.8 Å². The summed E-state index contributed by atoms with van der Waals surface area (Å²) < 4.78 is 56.7. The molecule has 1 amide bonds. The zero-order valence-corrected chi connectivity index (χ0v) is 17.3. The Labute approximate surface area is 178 Å². The SMILES string of the molecule is COc1ccc(CN(C)C(=O)CN2CCN(c3ccc(C(F)(F)F)cn3)CC2)cc1F. The number of pyridine rings is 1. The van der Waals surface area contributed by atoms with E-state index < -0.39 is 17.6 Å². The van der Waals surface area contributed by atoms with E-state index in [0.29, 0.717) is 37.6 Å². The quantitative estimate of drug-likeness (QED) is 0.647. The predicted molar refractivity (Wildman–Crippen MR) is 107 cm³/mol. The molecule has 1 aromatic carbocycles. The molecular formula is C21H24F4N4O2. The standard InChI is InChI=1S/C21H24F4N4O2/c1-27(13-15-3-5-18(31-2)17(22)11-15)20(30)14-28-7-9-29(10-8-28)19-6-4-16(12-26-19)21(23,24)25/h3-6,11-12H,7-10,13-14H2,1-2H3. The number of ether oxygens (including phenoxy) is 1. The zero-order valence-electron chi connectivity index (χ0n) is 17.3. The molecule has 0 spiro atoms. The van der Waals surface area contributed by atoms with Crippen molar-refractivity contribution >= 4 is 11.7 Å². The summed E-state index contributed by atoms with van der Waals surface area (Å²) in [7, 11) is 3.05. The summed E-state index contributed by atoms with van der Waals surface area (Å²) in [6.07, 6.45) is -3.57. The summed E-state index contributed by atoms with van der Waals surface area (Å²) >= 11 is 0. The molecule has 1 fully saturated rings. The number of hydrogen-bond donors (Lipinski definition) is 0. The average Bonchev–Trinajstić information content (AvgIpc) is 2.74. The van der Waals surface area contributed by atoms with Crippen LogP contribution >= 0.6 is 0 Å². The fourth-order valence-corrected chi connectivity index (χ4v) is 3.36. The van der Waals surface area contributed by atoms with Crippen LogP contribution in [0.4, 0.5) is 23.4 Å². The minimum atomic E-state index is -4.41. The van der Waals surface area contributed by atoms with Crippen molar-refractivity contribution in [1.29, 1.82) is 0 Å². The fraction of sp³-hybridized carbons (Fsp3) is 0.429. The van der Waals surface area contributed by atoms with Crippen molar-refractivity contribution in [2.24, 2.45) is 0 Å². The van der Waals surface area contributed by atoms with Gasteiger partial charge < -0.3 is 14.5 Å². The molecule has 6 nitrogen and oxygen atoms in total. The van der Waals surface area contributed by atoms with Gasteiger partial charge in [-0.1, -0.05) is 6.07 Å². The fourth-order valence-electron chi connectivity index (χ4n) is 3.36. The molecule has 0 aliphatic carbocycles. The highest BCUT2D eigenvalue weighted by Crippen LogP contribution is 2.29. The smallest absolute Gasteiger partial charge is 0.417 e. The normalized spacial score (nSPS) is 15.1. The van der Waals surface area contributed by atoms with Crippen molar-refractivity contribution in [3.05, 3.63) is 53.5 Å². The van der Waals surface area contributed by atoms with Gasteiger partial charge in [-0.15, -0.1) is 0 Å². The molecule has 168 valence electrons. The monoisotopic (exact) mass is 440 g/mol. The Bertz CT molecular complexity index is 897. The first-order valence-electron chi connectivity index (χ1n) is 9.74. The maximum atomic E-state index is 13.8. The molecule has 0 radical (unpaired) electrons. The lowest BCUT2D eigenvalue weighted by Gasteiger charge is -2.35. The number of aromatic nitrogens is 1. The number of hydrogen-bond acceptors (Lipinski definition) is 5. The van der Waals surface area contributed by atoms with Crippen molar-refractivity contribution < 1.29 is 27.1 Å². The Hall–Kier alpha value is -2.88. The van der Waals surface area contributed by atoms with Gasteiger partial charge in [-0.05, 0) is 29.8 Å². The van der Waals surface area contributed by atoms with Crippen molar-refractivity contribution in [3.63, 3.8) is 0 Å². The van der Waals surface area contributed by atoms with Gasteiger partial charge in [-0.2, -0.15) is 13.2 Å². The largest absolute Gasteiger partial charge is 0.494 e. The lowest BCUT2D eigenvalue weighted by Crippen LogP contribution is -2.49. The minimum Gasteiger partial charge on any atom is -0.494 e. The molecular weight excluding hydrogens is 416 g/mol. The van der Waals surface area contributed by atoms with E-state index in [1.54, 1.807) is 13.1 Å². The molecule has 0 unspecified atom stereocenters. The van der Waals surface area contributed by atoms with Crippen molar-refractivity contribution in [3.8, 4) is 5.75 Å². The molecule has 2 heterocycles. The van der Waals surface area contributed by atoms with Crippen LogP contribution in [0.1, 0.15) is 11.1 Å². The lowest BCUT2D eigenvalue weighted by atomic mass is 10.2. The van der Waals surface area contributed by atoms with Gasteiger partial charge in [0.05, 0.1) is 19.2 Å². The summed E-state index contributed by atoms with van der Waals surface area (Å²) in [4.78, 5) is 21.9. The van der Waals surface area contributed by atoms with E-state index in [9.17, 15) is 22.4 Å². The van der Waals surface area contributed by atoms with E-state index in [0.717, 1.165) is 12.3 Å². The maximum absolute atomic E-state index is 13.8. The molecule has 3 rings (SSSR count). The highest BCUT2D eigenvalue weighted by Gasteiger charge is 2.31. The third-order valence-corrected chi connectivity index (χ3v) is 5.19. The minimum absolute atomic E-state index is 0.0997. The molecule has 1 aromatic heterocycles. The number of rotatable bonds is 6. The number of benzene rings is 1. The number of nitrogens with zero attached hydrogens (tertiary/aromatic N) is 4. The molecule has 0 atom stereocenters. The summed E-state index contributed by atoms with van der Waals surface area (Å²) in [5.41, 5.74) is -0.118. The van der Waals surface area contributed by atoms with Crippen LogP contribution in [-0.2, 0) is 17.5 Å². The molecule has 2 aromatic rings. The highest BCUT2D eigenvalue weighted by molar-refractivity contribution is 5.78. The van der Waals surface area contributed by atoms with Crippen LogP contribution < -0.4 is 9.64 Å². The van der Waals surface area contributed by atoms with E-state index in [1.807, 2.05) is 9.80 Å². The van der Waals surface area contributed by atoms with Gasteiger partial charge in [0, 0.05) is 46.0 Å². The average molecular weight is 440 g/mol. The summed E-state index contributed by atoms with van der Waals surface area (Å²) in [6.45, 7) is 2.76. The lowest BCUT2D eigenvalue weighted by molar-refractivity contribution is -0.137. The number of carbonyl (C=O) groups excluding carboxylic acids is 1. The summed E-state index contributed by atoms with van der Waals surface area (Å²) in [5.74, 6) is 0.0574. The van der Waals surface area contributed by atoms with E-state index >= 15 is 0 Å². The third-order valence-electron chi connectivity index (χ3n) is 5.19. The second-order valence-electron chi connectivity index (χ2n) is 7.38. The van der Waals surface area contributed by atoms with Crippen molar-refractivity contribution in [1.82, 2.24) is 14.8 Å². The predicted octanol–water partition coefficient (Wildman–Crippen LogP) is 3.03. The van der Waals surface area contributed by atoms with Gasteiger partial charge in [0.15, 0.2) is 11.6 Å². The molecule has 1 aliphatic rings. The van der Waals surface area contributed by atoms with E-state index in [4.69, 9.17) is 4.74 Å². The molecule has 1 aliphatic heterocycles. The Morgan fingerprint density at radius 2 is 1.87 bits per heavy atom. The van der Waals surface area contributed by atoms with Gasteiger partial charge in [0.2, 0.25) is 5.91 Å². The van der Waals surface area contributed by atoms with Crippen molar-refractivity contribution in [2.45, 2.75) is 12.7 Å². The first kappa shape index (κ1) is 22.8. The Morgan fingerprint density at radius 1 is 1.16 bits per heavy atom. The number of methoxy groups -OCH3 is 1. The first-order chi connectivity index (χ1) is 14.7. The Morgan fingerprint density at radius 3 is 2.42 bits per heavy atom. The van der Waals surface area contributed by atoms with Crippen LogP contribution in [0.2, 0.25) is 0 Å². The number of amides is 1. The van der Waals surface area contributed by atoms with Gasteiger partial charge in [0.1, 0.15) is 5.82 Å². The van der Waals surface area contributed by atoms with Gasteiger partial charge in [-0.3, -0.25) is 9.69 Å². The maximum Gasteiger partial charge on any atom is 0.417 e. The molecule has 0 N–H and O–H groups in total. The number of halogens is 4. The van der Waals surface area contributed by atoms with E-state index in [1.165, 1.54) is 30.2 Å². The van der Waals surface area contributed by atoms with Crippen LogP contribution in [0.5, 0.6) is 5.75 Å². The highest BCUT2D eigenvalue weighted by atomic mass is 19.4.